The lowest BCUT2D eigenvalue weighted by atomic mass is 9.97. The molecule has 2 heterocycles. The number of benzene rings is 2. The molecule has 138 valence electrons. The maximum atomic E-state index is 12.5. The van der Waals surface area contributed by atoms with E-state index in [0.29, 0.717) is 12.1 Å². The van der Waals surface area contributed by atoms with Crippen molar-refractivity contribution in [3.05, 3.63) is 95.3 Å². The Morgan fingerprint density at radius 1 is 1.00 bits per heavy atom. The minimum atomic E-state index is -0.0211. The Balaban J connectivity index is 1.54. The third-order valence-electron chi connectivity index (χ3n) is 5.42. The molecule has 2 aromatic carbocycles. The summed E-state index contributed by atoms with van der Waals surface area (Å²) in [6, 6.07) is 22.4. The van der Waals surface area contributed by atoms with E-state index in [1.54, 1.807) is 0 Å². The Kier molecular flexibility index (Phi) is 5.07. The minimum absolute atomic E-state index is 0.0211. The number of aryl methyl sites for hydroxylation is 1. The largest absolute Gasteiger partial charge is 0.353 e. The zero-order valence-corrected chi connectivity index (χ0v) is 15.6. The zero-order valence-electron chi connectivity index (χ0n) is 15.6. The number of carbonyl (C=O) groups excluding carboxylic acids is 1. The third kappa shape index (κ3) is 3.81. The van der Waals surface area contributed by atoms with Crippen LogP contribution < -0.4 is 5.32 Å². The standard InChI is InChI=1S/C23H25N3O/c1-25-14-7-12-21(25)22(16-24-23(27)19-9-3-2-4-10-19)26-15-13-18-8-5-6-11-20(18)17-26/h2-12,14,22H,13,15-17H2,1H3,(H,24,27)/t22-/m0/s1. The highest BCUT2D eigenvalue weighted by Gasteiger charge is 2.26. The molecule has 3 aromatic rings. The van der Waals surface area contributed by atoms with Crippen molar-refractivity contribution >= 4 is 5.91 Å². The van der Waals surface area contributed by atoms with Crippen LogP contribution in [0.3, 0.4) is 0 Å². The molecule has 0 fully saturated rings. The first-order valence-corrected chi connectivity index (χ1v) is 9.47. The van der Waals surface area contributed by atoms with Gasteiger partial charge in [-0.2, -0.15) is 0 Å². The van der Waals surface area contributed by atoms with Gasteiger partial charge < -0.3 is 9.88 Å². The van der Waals surface area contributed by atoms with Gasteiger partial charge in [-0.05, 0) is 41.8 Å². The van der Waals surface area contributed by atoms with Gasteiger partial charge in [-0.1, -0.05) is 42.5 Å². The van der Waals surface area contributed by atoms with Crippen LogP contribution >= 0.6 is 0 Å². The summed E-state index contributed by atoms with van der Waals surface area (Å²) in [7, 11) is 2.07. The van der Waals surface area contributed by atoms with Crippen LogP contribution in [0.25, 0.3) is 0 Å². The molecule has 0 unspecified atom stereocenters. The van der Waals surface area contributed by atoms with E-state index in [1.807, 2.05) is 30.3 Å². The molecule has 0 saturated carbocycles. The summed E-state index contributed by atoms with van der Waals surface area (Å²) < 4.78 is 2.15. The Morgan fingerprint density at radius 3 is 2.48 bits per heavy atom. The fourth-order valence-corrected chi connectivity index (χ4v) is 3.91. The number of aromatic nitrogens is 1. The average Bonchev–Trinajstić information content (AvgIpc) is 3.14. The van der Waals surface area contributed by atoms with E-state index in [9.17, 15) is 4.79 Å². The first kappa shape index (κ1) is 17.6. The summed E-state index contributed by atoms with van der Waals surface area (Å²) in [6.45, 7) is 2.50. The molecule has 27 heavy (non-hydrogen) atoms. The predicted molar refractivity (Wildman–Crippen MR) is 107 cm³/mol. The Morgan fingerprint density at radius 2 is 1.74 bits per heavy atom. The number of amides is 1. The van der Waals surface area contributed by atoms with Gasteiger partial charge >= 0.3 is 0 Å². The molecule has 1 aliphatic rings. The van der Waals surface area contributed by atoms with Crippen molar-refractivity contribution in [1.29, 1.82) is 0 Å². The molecular weight excluding hydrogens is 334 g/mol. The van der Waals surface area contributed by atoms with Gasteiger partial charge in [-0.3, -0.25) is 9.69 Å². The average molecular weight is 359 g/mol. The van der Waals surface area contributed by atoms with Crippen molar-refractivity contribution in [2.24, 2.45) is 7.05 Å². The highest BCUT2D eigenvalue weighted by molar-refractivity contribution is 5.94. The Hall–Kier alpha value is -2.85. The van der Waals surface area contributed by atoms with Crippen molar-refractivity contribution < 1.29 is 4.79 Å². The summed E-state index contributed by atoms with van der Waals surface area (Å²) >= 11 is 0. The monoisotopic (exact) mass is 359 g/mol. The van der Waals surface area contributed by atoms with Crippen molar-refractivity contribution in [2.75, 3.05) is 13.1 Å². The summed E-state index contributed by atoms with van der Waals surface area (Å²) in [4.78, 5) is 15.0. The van der Waals surface area contributed by atoms with Gasteiger partial charge in [-0.15, -0.1) is 0 Å². The summed E-state index contributed by atoms with van der Waals surface area (Å²) in [5.41, 5.74) is 4.75. The van der Waals surface area contributed by atoms with Gasteiger partial charge in [-0.25, -0.2) is 0 Å². The molecule has 4 nitrogen and oxygen atoms in total. The highest BCUT2D eigenvalue weighted by atomic mass is 16.1. The summed E-state index contributed by atoms with van der Waals surface area (Å²) in [5, 5.41) is 3.14. The zero-order chi connectivity index (χ0) is 18.6. The van der Waals surface area contributed by atoms with Crippen LogP contribution in [0.4, 0.5) is 0 Å². The second-order valence-corrected chi connectivity index (χ2v) is 7.12. The first-order valence-electron chi connectivity index (χ1n) is 9.47. The number of carbonyl (C=O) groups is 1. The molecule has 1 aromatic heterocycles. The lowest BCUT2D eigenvalue weighted by molar-refractivity contribution is 0.0925. The van der Waals surface area contributed by atoms with E-state index in [4.69, 9.17) is 0 Å². The second kappa shape index (κ2) is 7.80. The van der Waals surface area contributed by atoms with E-state index in [2.05, 4.69) is 64.4 Å². The smallest absolute Gasteiger partial charge is 0.251 e. The van der Waals surface area contributed by atoms with Crippen LogP contribution in [0.5, 0.6) is 0 Å². The van der Waals surface area contributed by atoms with E-state index >= 15 is 0 Å². The van der Waals surface area contributed by atoms with Crippen LogP contribution in [-0.2, 0) is 20.0 Å². The van der Waals surface area contributed by atoms with E-state index in [1.165, 1.54) is 16.8 Å². The molecule has 4 rings (SSSR count). The number of nitrogens with one attached hydrogen (secondary N) is 1. The lowest BCUT2D eigenvalue weighted by Gasteiger charge is -2.36. The SMILES string of the molecule is Cn1cccc1[C@H](CNC(=O)c1ccccc1)N1CCc2ccccc2C1. The minimum Gasteiger partial charge on any atom is -0.353 e. The number of hydrogen-bond acceptors (Lipinski definition) is 2. The van der Waals surface area contributed by atoms with Crippen LogP contribution in [0.1, 0.15) is 33.2 Å². The number of hydrogen-bond donors (Lipinski definition) is 1. The second-order valence-electron chi connectivity index (χ2n) is 7.12. The van der Waals surface area contributed by atoms with Gasteiger partial charge in [0.05, 0.1) is 6.04 Å². The van der Waals surface area contributed by atoms with E-state index in [-0.39, 0.29) is 11.9 Å². The van der Waals surface area contributed by atoms with Crippen LogP contribution in [-0.4, -0.2) is 28.5 Å². The maximum Gasteiger partial charge on any atom is 0.251 e. The van der Waals surface area contributed by atoms with Crippen molar-refractivity contribution in [3.8, 4) is 0 Å². The number of fused-ring (bicyclic) bond motifs is 1. The van der Waals surface area contributed by atoms with Crippen molar-refractivity contribution in [2.45, 2.75) is 19.0 Å². The van der Waals surface area contributed by atoms with Crippen molar-refractivity contribution in [1.82, 2.24) is 14.8 Å². The Bertz CT molecular complexity index is 916. The normalized spacial score (nSPS) is 15.1. The molecule has 0 saturated heterocycles. The molecule has 0 spiro atoms. The highest BCUT2D eigenvalue weighted by Crippen LogP contribution is 2.27. The molecule has 1 atom stereocenters. The van der Waals surface area contributed by atoms with Crippen molar-refractivity contribution in [3.63, 3.8) is 0 Å². The Labute approximate surface area is 160 Å². The van der Waals surface area contributed by atoms with Crippen LogP contribution in [0, 0.1) is 0 Å². The molecule has 0 radical (unpaired) electrons. The van der Waals surface area contributed by atoms with E-state index in [0.717, 1.165) is 19.5 Å². The quantitative estimate of drug-likeness (QED) is 0.756. The van der Waals surface area contributed by atoms with Gasteiger partial charge in [0.25, 0.3) is 5.91 Å². The molecule has 1 N–H and O–H groups in total. The number of rotatable bonds is 5. The molecule has 1 aliphatic heterocycles. The van der Waals surface area contributed by atoms with Crippen LogP contribution in [0.2, 0.25) is 0 Å². The maximum absolute atomic E-state index is 12.5. The topological polar surface area (TPSA) is 37.3 Å². The first-order chi connectivity index (χ1) is 13.2. The molecule has 0 aliphatic carbocycles. The lowest BCUT2D eigenvalue weighted by Crippen LogP contribution is -2.41. The van der Waals surface area contributed by atoms with Crippen LogP contribution in [0.15, 0.2) is 72.9 Å². The summed E-state index contributed by atoms with van der Waals surface area (Å²) in [5.74, 6) is -0.0211. The summed E-state index contributed by atoms with van der Waals surface area (Å²) in [6.07, 6.45) is 3.11. The predicted octanol–water partition coefficient (Wildman–Crippen LogP) is 3.55. The van der Waals surface area contributed by atoms with Gasteiger partial charge in [0.2, 0.25) is 0 Å². The third-order valence-corrected chi connectivity index (χ3v) is 5.42. The van der Waals surface area contributed by atoms with Gasteiger partial charge in [0.15, 0.2) is 0 Å². The molecule has 4 heteroatoms. The number of nitrogens with zero attached hydrogens (tertiary/aromatic N) is 2. The molecule has 0 bridgehead atoms. The van der Waals surface area contributed by atoms with Gasteiger partial charge in [0.1, 0.15) is 0 Å². The fourth-order valence-electron chi connectivity index (χ4n) is 3.91. The van der Waals surface area contributed by atoms with Gasteiger partial charge in [0, 0.05) is 44.1 Å². The fraction of sp³-hybridized carbons (Fsp3) is 0.261. The van der Waals surface area contributed by atoms with E-state index < -0.39 is 0 Å². The molecule has 1 amide bonds. The molecular formula is C23H25N3O.